The maximum atomic E-state index is 12.3. The molecule has 130 valence electrons. The van der Waals surface area contributed by atoms with E-state index in [9.17, 15) is 4.79 Å². The first-order chi connectivity index (χ1) is 12.1. The molecule has 0 bridgehead atoms. The maximum absolute atomic E-state index is 12.3. The van der Waals surface area contributed by atoms with Gasteiger partial charge in [0.05, 0.1) is 6.04 Å². The summed E-state index contributed by atoms with van der Waals surface area (Å²) in [6.07, 6.45) is 0.756. The van der Waals surface area contributed by atoms with Crippen LogP contribution in [0.15, 0.2) is 52.3 Å². The number of aryl methyl sites for hydroxylation is 1. The highest BCUT2D eigenvalue weighted by molar-refractivity contribution is 7.10. The highest BCUT2D eigenvalue weighted by Gasteiger charge is 2.19. The Morgan fingerprint density at radius 1 is 1.16 bits per heavy atom. The highest BCUT2D eigenvalue weighted by Crippen LogP contribution is 2.26. The largest absolute Gasteiger partial charge is 0.421 e. The topological polar surface area (TPSA) is 68.0 Å². The van der Waals surface area contributed by atoms with Crippen LogP contribution in [0.1, 0.15) is 37.1 Å². The molecule has 3 rings (SSSR count). The molecule has 2 heterocycles. The molecule has 1 N–H and O–H groups in total. The van der Waals surface area contributed by atoms with Crippen LogP contribution in [-0.2, 0) is 11.2 Å². The molecule has 0 unspecified atom stereocenters. The van der Waals surface area contributed by atoms with Crippen molar-refractivity contribution in [1.29, 1.82) is 0 Å². The number of thiophene rings is 1. The first-order valence-corrected chi connectivity index (χ1v) is 9.22. The minimum absolute atomic E-state index is 0.00781. The Morgan fingerprint density at radius 2 is 1.96 bits per heavy atom. The monoisotopic (exact) mass is 355 g/mol. The van der Waals surface area contributed by atoms with Crippen LogP contribution < -0.4 is 5.32 Å². The van der Waals surface area contributed by atoms with Gasteiger partial charge in [0.25, 0.3) is 0 Å². The van der Waals surface area contributed by atoms with Crippen LogP contribution in [0, 0.1) is 5.92 Å². The third-order valence-corrected chi connectivity index (χ3v) is 4.84. The summed E-state index contributed by atoms with van der Waals surface area (Å²) < 4.78 is 5.64. The Labute approximate surface area is 151 Å². The standard InChI is InChI=1S/C19H21N3O2S/c1-13(2)18(15-9-6-12-25-15)20-16(23)10-11-17-21-22-19(24-17)14-7-4-3-5-8-14/h3-9,12-13,18H,10-11H2,1-2H3,(H,20,23)/t18-/m1/s1. The molecular weight excluding hydrogens is 334 g/mol. The van der Waals surface area contributed by atoms with E-state index in [0.717, 1.165) is 5.56 Å². The van der Waals surface area contributed by atoms with Crippen LogP contribution in [-0.4, -0.2) is 16.1 Å². The van der Waals surface area contributed by atoms with Gasteiger partial charge >= 0.3 is 0 Å². The zero-order valence-electron chi connectivity index (χ0n) is 14.3. The Balaban J connectivity index is 1.56. The second-order valence-electron chi connectivity index (χ2n) is 6.17. The molecule has 25 heavy (non-hydrogen) atoms. The zero-order valence-corrected chi connectivity index (χ0v) is 15.1. The minimum atomic E-state index is -0.00781. The highest BCUT2D eigenvalue weighted by atomic mass is 32.1. The summed E-state index contributed by atoms with van der Waals surface area (Å²) in [5.41, 5.74) is 0.878. The van der Waals surface area contributed by atoms with Crippen molar-refractivity contribution >= 4 is 17.2 Å². The Kier molecular flexibility index (Phi) is 5.60. The number of hydrogen-bond donors (Lipinski definition) is 1. The number of benzene rings is 1. The summed E-state index contributed by atoms with van der Waals surface area (Å²) >= 11 is 1.66. The lowest BCUT2D eigenvalue weighted by molar-refractivity contribution is -0.122. The van der Waals surface area contributed by atoms with Crippen LogP contribution in [0.4, 0.5) is 0 Å². The molecule has 0 fully saturated rings. The minimum Gasteiger partial charge on any atom is -0.421 e. The molecule has 0 radical (unpaired) electrons. The van der Waals surface area contributed by atoms with E-state index in [2.05, 4.69) is 35.4 Å². The van der Waals surface area contributed by atoms with Crippen LogP contribution in [0.2, 0.25) is 0 Å². The third-order valence-electron chi connectivity index (χ3n) is 3.89. The van der Waals surface area contributed by atoms with Crippen molar-refractivity contribution in [2.45, 2.75) is 32.7 Å². The van der Waals surface area contributed by atoms with Crippen molar-refractivity contribution in [2.24, 2.45) is 5.92 Å². The Morgan fingerprint density at radius 3 is 2.64 bits per heavy atom. The van der Waals surface area contributed by atoms with Gasteiger partial charge in [0, 0.05) is 23.3 Å². The summed E-state index contributed by atoms with van der Waals surface area (Å²) in [5, 5.41) is 13.2. The molecule has 0 saturated heterocycles. The van der Waals surface area contributed by atoms with Crippen molar-refractivity contribution in [3.8, 4) is 11.5 Å². The quantitative estimate of drug-likeness (QED) is 0.688. The van der Waals surface area contributed by atoms with Crippen LogP contribution >= 0.6 is 11.3 Å². The molecule has 6 heteroatoms. The van der Waals surface area contributed by atoms with E-state index in [0.29, 0.717) is 30.5 Å². The van der Waals surface area contributed by atoms with Gasteiger partial charge in [-0.1, -0.05) is 38.1 Å². The smallest absolute Gasteiger partial charge is 0.247 e. The van der Waals surface area contributed by atoms with E-state index in [1.165, 1.54) is 4.88 Å². The van der Waals surface area contributed by atoms with Gasteiger partial charge in [-0.05, 0) is 29.5 Å². The fourth-order valence-electron chi connectivity index (χ4n) is 2.55. The lowest BCUT2D eigenvalue weighted by atomic mass is 10.0. The van der Waals surface area contributed by atoms with Gasteiger partial charge in [0.15, 0.2) is 0 Å². The zero-order chi connectivity index (χ0) is 17.6. The fraction of sp³-hybridized carbons (Fsp3) is 0.316. The average molecular weight is 355 g/mol. The molecule has 0 aliphatic rings. The van der Waals surface area contributed by atoms with Gasteiger partial charge in [-0.15, -0.1) is 21.5 Å². The lowest BCUT2D eigenvalue weighted by Crippen LogP contribution is -2.31. The van der Waals surface area contributed by atoms with Gasteiger partial charge in [-0.3, -0.25) is 4.79 Å². The predicted molar refractivity (Wildman–Crippen MR) is 98.1 cm³/mol. The van der Waals surface area contributed by atoms with Crippen molar-refractivity contribution < 1.29 is 9.21 Å². The molecule has 0 saturated carbocycles. The second kappa shape index (κ2) is 8.07. The Bertz CT molecular complexity index is 797. The number of nitrogens with one attached hydrogen (secondary N) is 1. The first kappa shape index (κ1) is 17.4. The van der Waals surface area contributed by atoms with E-state index in [-0.39, 0.29) is 11.9 Å². The number of rotatable bonds is 7. The van der Waals surface area contributed by atoms with Crippen LogP contribution in [0.5, 0.6) is 0 Å². The van der Waals surface area contributed by atoms with Gasteiger partial charge in [-0.2, -0.15) is 0 Å². The van der Waals surface area contributed by atoms with Gasteiger partial charge in [0.2, 0.25) is 17.7 Å². The lowest BCUT2D eigenvalue weighted by Gasteiger charge is -2.21. The van der Waals surface area contributed by atoms with Crippen molar-refractivity contribution in [3.05, 3.63) is 58.6 Å². The molecule has 2 aromatic heterocycles. The van der Waals surface area contributed by atoms with E-state index < -0.39 is 0 Å². The summed E-state index contributed by atoms with van der Waals surface area (Å²) in [4.78, 5) is 13.5. The average Bonchev–Trinajstić information content (AvgIpc) is 3.30. The second-order valence-corrected chi connectivity index (χ2v) is 7.15. The first-order valence-electron chi connectivity index (χ1n) is 8.34. The summed E-state index contributed by atoms with van der Waals surface area (Å²) in [6, 6.07) is 13.7. The summed E-state index contributed by atoms with van der Waals surface area (Å²) in [5.74, 6) is 1.28. The summed E-state index contributed by atoms with van der Waals surface area (Å²) in [6.45, 7) is 4.21. The van der Waals surface area contributed by atoms with Crippen molar-refractivity contribution in [3.63, 3.8) is 0 Å². The molecule has 5 nitrogen and oxygen atoms in total. The number of carbonyl (C=O) groups is 1. The van der Waals surface area contributed by atoms with Gasteiger partial charge < -0.3 is 9.73 Å². The predicted octanol–water partition coefficient (Wildman–Crippen LogP) is 4.24. The fourth-order valence-corrected chi connectivity index (χ4v) is 3.50. The van der Waals surface area contributed by atoms with E-state index in [1.807, 2.05) is 41.8 Å². The van der Waals surface area contributed by atoms with Gasteiger partial charge in [-0.25, -0.2) is 0 Å². The number of aromatic nitrogens is 2. The molecule has 1 amide bonds. The summed E-state index contributed by atoms with van der Waals surface area (Å²) in [7, 11) is 0. The van der Waals surface area contributed by atoms with E-state index in [4.69, 9.17) is 4.42 Å². The number of nitrogens with zero attached hydrogens (tertiary/aromatic N) is 2. The number of hydrogen-bond acceptors (Lipinski definition) is 5. The van der Waals surface area contributed by atoms with Gasteiger partial charge in [0.1, 0.15) is 0 Å². The molecule has 1 aromatic carbocycles. The SMILES string of the molecule is CC(C)[C@@H](NC(=O)CCc1nnc(-c2ccccc2)o1)c1cccs1. The van der Waals surface area contributed by atoms with E-state index >= 15 is 0 Å². The molecule has 1 atom stereocenters. The van der Waals surface area contributed by atoms with Crippen LogP contribution in [0.3, 0.4) is 0 Å². The third kappa shape index (κ3) is 4.54. The Hall–Kier alpha value is -2.47. The van der Waals surface area contributed by atoms with E-state index in [1.54, 1.807) is 11.3 Å². The molecule has 0 aliphatic heterocycles. The molecule has 0 aliphatic carbocycles. The molecule has 3 aromatic rings. The van der Waals surface area contributed by atoms with Crippen LogP contribution in [0.25, 0.3) is 11.5 Å². The normalized spacial score (nSPS) is 12.3. The van der Waals surface area contributed by atoms with Crippen molar-refractivity contribution in [2.75, 3.05) is 0 Å². The maximum Gasteiger partial charge on any atom is 0.247 e. The number of carbonyl (C=O) groups excluding carboxylic acids is 1. The molecular formula is C19H21N3O2S. The molecule has 0 spiro atoms. The number of amides is 1. The van der Waals surface area contributed by atoms with Crippen molar-refractivity contribution in [1.82, 2.24) is 15.5 Å².